The Bertz CT molecular complexity index is 795. The molecule has 0 bridgehead atoms. The minimum Gasteiger partial charge on any atom is -0.394 e. The van der Waals surface area contributed by atoms with E-state index in [2.05, 4.69) is 16.0 Å². The van der Waals surface area contributed by atoms with Crippen molar-refractivity contribution in [2.75, 3.05) is 0 Å². The van der Waals surface area contributed by atoms with Crippen LogP contribution in [0.3, 0.4) is 0 Å². The summed E-state index contributed by atoms with van der Waals surface area (Å²) in [5.41, 5.74) is 5.87. The number of amides is 3. The Hall–Kier alpha value is -3.16. The molecule has 0 radical (unpaired) electrons. The van der Waals surface area contributed by atoms with E-state index in [9.17, 15) is 19.2 Å². The Kier molecular flexibility index (Phi) is 5.54. The molecule has 142 valence electrons. The largest absolute Gasteiger partial charge is 0.394 e. The highest BCUT2D eigenvalue weighted by molar-refractivity contribution is 6.16. The average Bonchev–Trinajstić information content (AvgIpc) is 2.66. The van der Waals surface area contributed by atoms with Crippen molar-refractivity contribution in [2.24, 2.45) is 5.73 Å². The van der Waals surface area contributed by atoms with Gasteiger partial charge in [0.1, 0.15) is 11.4 Å². The minimum absolute atomic E-state index is 0.0473. The molecule has 0 unspecified atom stereocenters. The first-order chi connectivity index (χ1) is 12.9. The van der Waals surface area contributed by atoms with Gasteiger partial charge in [0.05, 0.1) is 6.42 Å². The van der Waals surface area contributed by atoms with Crippen molar-refractivity contribution in [3.8, 4) is 0 Å². The molecule has 3 rings (SSSR count). The van der Waals surface area contributed by atoms with Gasteiger partial charge in [0.25, 0.3) is 11.8 Å². The van der Waals surface area contributed by atoms with Crippen molar-refractivity contribution >= 4 is 23.5 Å². The standard InChI is InChI=1S/C19H22N4O4/c20-16-14(24)10-15(25)23-17(16)19(27)22-13-8-6-12(7-9-13)21-18(26)11-4-2-1-3-5-11/h1-5,12-13H,6-10,20H2,(H,21,26)(H,22,27)(H,23,25). The fourth-order valence-electron chi connectivity index (χ4n) is 3.31. The van der Waals surface area contributed by atoms with Gasteiger partial charge < -0.3 is 21.7 Å². The van der Waals surface area contributed by atoms with E-state index < -0.39 is 17.6 Å². The molecule has 3 amide bonds. The summed E-state index contributed by atoms with van der Waals surface area (Å²) >= 11 is 0. The van der Waals surface area contributed by atoms with Crippen LogP contribution in [0.4, 0.5) is 0 Å². The van der Waals surface area contributed by atoms with E-state index in [1.54, 1.807) is 12.1 Å². The lowest BCUT2D eigenvalue weighted by molar-refractivity contribution is -0.129. The second-order valence-corrected chi connectivity index (χ2v) is 6.80. The second-order valence-electron chi connectivity index (χ2n) is 6.80. The third-order valence-electron chi connectivity index (χ3n) is 4.82. The Balaban J connectivity index is 1.50. The molecular weight excluding hydrogens is 348 g/mol. The lowest BCUT2D eigenvalue weighted by Gasteiger charge is -2.30. The van der Waals surface area contributed by atoms with E-state index in [0.717, 1.165) is 12.8 Å². The van der Waals surface area contributed by atoms with E-state index in [-0.39, 0.29) is 35.8 Å². The third-order valence-corrected chi connectivity index (χ3v) is 4.82. The van der Waals surface area contributed by atoms with Gasteiger partial charge in [-0.2, -0.15) is 0 Å². The molecule has 1 aliphatic carbocycles. The zero-order valence-corrected chi connectivity index (χ0v) is 14.8. The lowest BCUT2D eigenvalue weighted by atomic mass is 9.90. The monoisotopic (exact) mass is 370 g/mol. The van der Waals surface area contributed by atoms with Crippen LogP contribution in [0.15, 0.2) is 41.7 Å². The molecule has 0 spiro atoms. The Morgan fingerprint density at radius 1 is 0.926 bits per heavy atom. The van der Waals surface area contributed by atoms with Crippen molar-refractivity contribution in [3.63, 3.8) is 0 Å². The van der Waals surface area contributed by atoms with Gasteiger partial charge in [-0.1, -0.05) is 18.2 Å². The van der Waals surface area contributed by atoms with Crippen LogP contribution in [0.1, 0.15) is 42.5 Å². The summed E-state index contributed by atoms with van der Waals surface area (Å²) in [6.07, 6.45) is 2.47. The summed E-state index contributed by atoms with van der Waals surface area (Å²) in [4.78, 5) is 47.6. The first-order valence-corrected chi connectivity index (χ1v) is 8.93. The Labute approximate surface area is 156 Å². The van der Waals surface area contributed by atoms with E-state index in [1.165, 1.54) is 0 Å². The van der Waals surface area contributed by atoms with Gasteiger partial charge in [-0.25, -0.2) is 0 Å². The fraction of sp³-hybridized carbons (Fsp3) is 0.368. The van der Waals surface area contributed by atoms with Crippen molar-refractivity contribution in [1.29, 1.82) is 0 Å². The highest BCUT2D eigenvalue weighted by atomic mass is 16.2. The van der Waals surface area contributed by atoms with Gasteiger partial charge in [0.2, 0.25) is 5.91 Å². The van der Waals surface area contributed by atoms with Crippen LogP contribution in [0, 0.1) is 0 Å². The van der Waals surface area contributed by atoms with Gasteiger partial charge in [0, 0.05) is 17.6 Å². The molecule has 1 aromatic rings. The van der Waals surface area contributed by atoms with Crippen LogP contribution in [0.5, 0.6) is 0 Å². The van der Waals surface area contributed by atoms with Crippen LogP contribution < -0.4 is 21.7 Å². The number of rotatable bonds is 4. The molecule has 27 heavy (non-hydrogen) atoms. The maximum absolute atomic E-state index is 12.3. The van der Waals surface area contributed by atoms with Crippen molar-refractivity contribution in [2.45, 2.75) is 44.2 Å². The SMILES string of the molecule is NC1=C(C(=O)NC2CCC(NC(=O)c3ccccc3)CC2)NC(=O)CC1=O. The number of carbonyl (C=O) groups is 4. The topological polar surface area (TPSA) is 130 Å². The molecule has 1 aliphatic heterocycles. The molecule has 1 aromatic carbocycles. The Morgan fingerprint density at radius 3 is 2.07 bits per heavy atom. The molecule has 0 aromatic heterocycles. The quantitative estimate of drug-likeness (QED) is 0.559. The Morgan fingerprint density at radius 2 is 1.48 bits per heavy atom. The average molecular weight is 370 g/mol. The summed E-state index contributed by atoms with van der Waals surface area (Å²) < 4.78 is 0. The van der Waals surface area contributed by atoms with E-state index in [0.29, 0.717) is 18.4 Å². The van der Waals surface area contributed by atoms with Gasteiger partial charge in [0.15, 0.2) is 5.78 Å². The van der Waals surface area contributed by atoms with Gasteiger partial charge in [-0.05, 0) is 37.8 Å². The van der Waals surface area contributed by atoms with E-state index >= 15 is 0 Å². The molecule has 2 aliphatic rings. The number of carbonyl (C=O) groups excluding carboxylic acids is 4. The van der Waals surface area contributed by atoms with Gasteiger partial charge >= 0.3 is 0 Å². The molecule has 0 saturated heterocycles. The predicted molar refractivity (Wildman–Crippen MR) is 97.1 cm³/mol. The van der Waals surface area contributed by atoms with E-state index in [4.69, 9.17) is 5.73 Å². The van der Waals surface area contributed by atoms with Crippen LogP contribution in [0.2, 0.25) is 0 Å². The number of nitrogens with two attached hydrogens (primary N) is 1. The number of hydrogen-bond acceptors (Lipinski definition) is 5. The minimum atomic E-state index is -0.550. The summed E-state index contributed by atoms with van der Waals surface area (Å²) in [5.74, 6) is -1.74. The molecule has 1 fully saturated rings. The highest BCUT2D eigenvalue weighted by Gasteiger charge is 2.30. The van der Waals surface area contributed by atoms with Crippen molar-refractivity contribution in [1.82, 2.24) is 16.0 Å². The third kappa shape index (κ3) is 4.52. The maximum atomic E-state index is 12.3. The number of nitrogens with one attached hydrogen (secondary N) is 3. The van der Waals surface area contributed by atoms with E-state index in [1.807, 2.05) is 18.2 Å². The zero-order valence-electron chi connectivity index (χ0n) is 14.8. The number of allylic oxidation sites excluding steroid dienone is 1. The molecule has 8 nitrogen and oxygen atoms in total. The van der Waals surface area contributed by atoms with Crippen LogP contribution >= 0.6 is 0 Å². The van der Waals surface area contributed by atoms with Crippen LogP contribution in [0.25, 0.3) is 0 Å². The molecule has 8 heteroatoms. The summed E-state index contributed by atoms with van der Waals surface area (Å²) in [5, 5.41) is 8.18. The fourth-order valence-corrected chi connectivity index (χ4v) is 3.31. The number of Topliss-reactive ketones (excluding diaryl/α,β-unsaturated/α-hetero) is 1. The predicted octanol–water partition coefficient (Wildman–Crippen LogP) is 0.103. The smallest absolute Gasteiger partial charge is 0.270 e. The molecule has 0 atom stereocenters. The van der Waals surface area contributed by atoms with Crippen LogP contribution in [-0.4, -0.2) is 35.6 Å². The normalized spacial score (nSPS) is 22.8. The van der Waals surface area contributed by atoms with Gasteiger partial charge in [-0.15, -0.1) is 0 Å². The molecule has 5 N–H and O–H groups in total. The summed E-state index contributed by atoms with van der Waals surface area (Å²) in [6, 6.07) is 8.96. The van der Waals surface area contributed by atoms with Crippen molar-refractivity contribution in [3.05, 3.63) is 47.3 Å². The summed E-state index contributed by atoms with van der Waals surface area (Å²) in [7, 11) is 0. The van der Waals surface area contributed by atoms with Crippen molar-refractivity contribution < 1.29 is 19.2 Å². The number of benzene rings is 1. The first-order valence-electron chi connectivity index (χ1n) is 8.93. The zero-order chi connectivity index (χ0) is 19.4. The summed E-state index contributed by atoms with van der Waals surface area (Å²) in [6.45, 7) is 0. The number of ketones is 1. The van der Waals surface area contributed by atoms with Crippen LogP contribution in [-0.2, 0) is 14.4 Å². The van der Waals surface area contributed by atoms with Gasteiger partial charge in [-0.3, -0.25) is 19.2 Å². The second kappa shape index (κ2) is 8.03. The number of hydrogen-bond donors (Lipinski definition) is 4. The molecule has 1 heterocycles. The lowest BCUT2D eigenvalue weighted by Crippen LogP contribution is -2.48. The maximum Gasteiger partial charge on any atom is 0.270 e. The highest BCUT2D eigenvalue weighted by Crippen LogP contribution is 2.20. The first kappa shape index (κ1) is 18.6. The molecular formula is C19H22N4O4. The molecule has 1 saturated carbocycles.